The minimum absolute atomic E-state index is 0.0750. The van der Waals surface area contributed by atoms with Crippen molar-refractivity contribution in [1.29, 1.82) is 0 Å². The van der Waals surface area contributed by atoms with E-state index in [9.17, 15) is 22.8 Å². The summed E-state index contributed by atoms with van der Waals surface area (Å²) in [5.74, 6) is -2.01. The number of rotatable bonds is 6. The number of ether oxygens (including phenoxy) is 1. The van der Waals surface area contributed by atoms with Gasteiger partial charge in [-0.1, -0.05) is 6.92 Å². The number of aromatic nitrogens is 2. The van der Waals surface area contributed by atoms with Crippen molar-refractivity contribution in [3.63, 3.8) is 0 Å². The Bertz CT molecular complexity index is 924. The fourth-order valence-electron chi connectivity index (χ4n) is 3.43. The summed E-state index contributed by atoms with van der Waals surface area (Å²) in [4.78, 5) is 36.9. The number of nitrogens with zero attached hydrogens (tertiary/aromatic N) is 4. The monoisotopic (exact) mass is 404 g/mol. The van der Waals surface area contributed by atoms with E-state index in [0.29, 0.717) is 16.3 Å². The molecule has 0 radical (unpaired) electrons. The highest BCUT2D eigenvalue weighted by atomic mass is 32.3. The van der Waals surface area contributed by atoms with Gasteiger partial charge in [0.25, 0.3) is 0 Å². The first-order valence-corrected chi connectivity index (χ1v) is 9.11. The zero-order valence-corrected chi connectivity index (χ0v) is 15.0. The summed E-state index contributed by atoms with van der Waals surface area (Å²) >= 11 is 0. The standard InChI is InChI=1S/C13H16N4O9S/c1-3-6-9-7-4-15(13(21)17(7)26-27(22,23)24)11(12(20)25-2)10(9)14-16(6)5-8(18)19/h7,11H,3-5H2,1-2H3,(H,18,19)(H,22,23,24). The van der Waals surface area contributed by atoms with E-state index in [2.05, 4.69) is 9.38 Å². The Morgan fingerprint density at radius 2 is 2.04 bits per heavy atom. The van der Waals surface area contributed by atoms with Crippen LogP contribution in [0, 0.1) is 0 Å². The highest BCUT2D eigenvalue weighted by molar-refractivity contribution is 7.80. The molecule has 0 aliphatic carbocycles. The number of urea groups is 1. The zero-order chi connectivity index (χ0) is 20.1. The van der Waals surface area contributed by atoms with E-state index in [1.807, 2.05) is 0 Å². The van der Waals surface area contributed by atoms with E-state index in [4.69, 9.17) is 14.4 Å². The van der Waals surface area contributed by atoms with Gasteiger partial charge in [-0.25, -0.2) is 9.59 Å². The van der Waals surface area contributed by atoms with Gasteiger partial charge in [-0.15, -0.1) is 4.28 Å². The second-order valence-corrected chi connectivity index (χ2v) is 6.86. The summed E-state index contributed by atoms with van der Waals surface area (Å²) in [5.41, 5.74) is 0.760. The first kappa shape index (κ1) is 19.1. The van der Waals surface area contributed by atoms with Gasteiger partial charge in [-0.2, -0.15) is 18.6 Å². The summed E-state index contributed by atoms with van der Waals surface area (Å²) in [7, 11) is -3.91. The van der Waals surface area contributed by atoms with Gasteiger partial charge in [0.15, 0.2) is 6.04 Å². The molecule has 1 saturated heterocycles. The molecule has 2 amide bonds. The number of carboxylic acid groups (broad SMARTS) is 1. The number of esters is 1. The molecule has 1 aromatic heterocycles. The number of amides is 2. The summed E-state index contributed by atoms with van der Waals surface area (Å²) in [5, 5.41) is 13.7. The number of aliphatic carboxylic acids is 1. The molecule has 3 rings (SSSR count). The smallest absolute Gasteiger partial charge is 0.418 e. The Labute approximate surface area is 152 Å². The summed E-state index contributed by atoms with van der Waals surface area (Å²) in [6.07, 6.45) is 0.286. The third-order valence-corrected chi connectivity index (χ3v) is 4.69. The number of carbonyl (C=O) groups is 3. The Morgan fingerprint density at radius 3 is 2.56 bits per heavy atom. The maximum absolute atomic E-state index is 12.5. The van der Waals surface area contributed by atoms with Gasteiger partial charge >= 0.3 is 28.4 Å². The van der Waals surface area contributed by atoms with Crippen LogP contribution in [0.4, 0.5) is 4.79 Å². The van der Waals surface area contributed by atoms with Crippen LogP contribution in [0.3, 0.4) is 0 Å². The third-order valence-electron chi connectivity index (χ3n) is 4.34. The van der Waals surface area contributed by atoms with E-state index in [1.165, 1.54) is 4.68 Å². The fourth-order valence-corrected chi connectivity index (χ4v) is 3.80. The van der Waals surface area contributed by atoms with Crippen LogP contribution in [-0.4, -0.2) is 69.4 Å². The van der Waals surface area contributed by atoms with Crippen molar-refractivity contribution in [2.75, 3.05) is 13.7 Å². The highest BCUT2D eigenvalue weighted by Crippen LogP contribution is 2.45. The molecule has 2 bridgehead atoms. The van der Waals surface area contributed by atoms with Crippen LogP contribution >= 0.6 is 0 Å². The highest BCUT2D eigenvalue weighted by Gasteiger charge is 2.55. The molecule has 3 heterocycles. The Morgan fingerprint density at radius 1 is 1.37 bits per heavy atom. The summed E-state index contributed by atoms with van der Waals surface area (Å²) in [6, 6.07) is -3.28. The van der Waals surface area contributed by atoms with E-state index in [1.54, 1.807) is 6.92 Å². The molecule has 0 spiro atoms. The van der Waals surface area contributed by atoms with Gasteiger partial charge in [0.2, 0.25) is 0 Å². The molecule has 2 aliphatic heterocycles. The van der Waals surface area contributed by atoms with Crippen LogP contribution in [0.15, 0.2) is 0 Å². The van der Waals surface area contributed by atoms with Crippen LogP contribution in [0.2, 0.25) is 0 Å². The minimum atomic E-state index is -5.02. The topological polar surface area (TPSA) is 169 Å². The second-order valence-electron chi connectivity index (χ2n) is 5.86. The maximum Gasteiger partial charge on any atom is 0.418 e. The quantitative estimate of drug-likeness (QED) is 0.455. The fraction of sp³-hybridized carbons (Fsp3) is 0.538. The molecule has 13 nitrogen and oxygen atoms in total. The van der Waals surface area contributed by atoms with Gasteiger partial charge in [-0.05, 0) is 6.42 Å². The summed E-state index contributed by atoms with van der Waals surface area (Å²) in [6.45, 7) is 1.08. The first-order chi connectivity index (χ1) is 12.6. The van der Waals surface area contributed by atoms with E-state index < -0.39 is 47.0 Å². The number of fused-ring (bicyclic) bond motifs is 4. The lowest BCUT2D eigenvalue weighted by Crippen LogP contribution is -2.39. The molecular weight excluding hydrogens is 388 g/mol. The molecule has 2 N–H and O–H groups in total. The minimum Gasteiger partial charge on any atom is -0.480 e. The molecule has 148 valence electrons. The average molecular weight is 404 g/mol. The average Bonchev–Trinajstić information content (AvgIpc) is 3.04. The van der Waals surface area contributed by atoms with Gasteiger partial charge < -0.3 is 14.7 Å². The van der Waals surface area contributed by atoms with Crippen LogP contribution in [0.25, 0.3) is 0 Å². The van der Waals surface area contributed by atoms with Crippen molar-refractivity contribution >= 4 is 28.4 Å². The van der Waals surface area contributed by atoms with Crippen molar-refractivity contribution in [1.82, 2.24) is 19.7 Å². The van der Waals surface area contributed by atoms with E-state index in [-0.39, 0.29) is 18.7 Å². The Kier molecular flexibility index (Phi) is 4.57. The van der Waals surface area contributed by atoms with Crippen LogP contribution in [-0.2, 0) is 42.0 Å². The lowest BCUT2D eigenvalue weighted by molar-refractivity contribution is -0.146. The lowest BCUT2D eigenvalue weighted by Gasteiger charge is -2.27. The predicted molar refractivity (Wildman–Crippen MR) is 83.3 cm³/mol. The van der Waals surface area contributed by atoms with E-state index >= 15 is 0 Å². The van der Waals surface area contributed by atoms with Crippen molar-refractivity contribution in [2.45, 2.75) is 32.0 Å². The molecule has 1 fully saturated rings. The molecule has 2 atom stereocenters. The SMILES string of the molecule is CCc1c2c(nn1CC(=O)O)C(C(=O)OC)N1CC2N(OS(=O)(=O)O)C1=O. The molecular formula is C13H16N4O9S. The molecule has 14 heteroatoms. The maximum atomic E-state index is 12.5. The molecule has 0 aromatic carbocycles. The lowest BCUT2D eigenvalue weighted by atomic mass is 9.94. The second kappa shape index (κ2) is 6.47. The zero-order valence-electron chi connectivity index (χ0n) is 14.2. The van der Waals surface area contributed by atoms with Gasteiger partial charge in [0, 0.05) is 11.3 Å². The summed E-state index contributed by atoms with van der Waals surface area (Å²) < 4.78 is 41.6. The Hall–Kier alpha value is -2.71. The molecule has 0 saturated carbocycles. The number of hydrogen-bond donors (Lipinski definition) is 2. The normalized spacial score (nSPS) is 21.4. The van der Waals surface area contributed by atoms with Crippen LogP contribution in [0.5, 0.6) is 0 Å². The molecule has 2 unspecified atom stereocenters. The van der Waals surface area contributed by atoms with Crippen molar-refractivity contribution in [2.24, 2.45) is 0 Å². The number of hydrogen-bond acceptors (Lipinski definition) is 8. The van der Waals surface area contributed by atoms with Gasteiger partial charge in [-0.3, -0.25) is 14.0 Å². The van der Waals surface area contributed by atoms with Gasteiger partial charge in [0.1, 0.15) is 18.3 Å². The largest absolute Gasteiger partial charge is 0.480 e. The third kappa shape index (κ3) is 3.11. The number of carboxylic acids is 1. The van der Waals surface area contributed by atoms with Crippen molar-refractivity contribution < 1.29 is 41.5 Å². The predicted octanol–water partition coefficient (Wildman–Crippen LogP) is -0.729. The van der Waals surface area contributed by atoms with Crippen molar-refractivity contribution in [3.05, 3.63) is 17.0 Å². The number of carbonyl (C=O) groups excluding carboxylic acids is 2. The first-order valence-electron chi connectivity index (χ1n) is 7.75. The number of methoxy groups -OCH3 is 1. The van der Waals surface area contributed by atoms with Gasteiger partial charge in [0.05, 0.1) is 13.7 Å². The van der Waals surface area contributed by atoms with Crippen LogP contribution < -0.4 is 0 Å². The van der Waals surface area contributed by atoms with Crippen LogP contribution in [0.1, 0.15) is 36.0 Å². The molecule has 1 aromatic rings. The molecule has 27 heavy (non-hydrogen) atoms. The molecule has 2 aliphatic rings. The Balaban J connectivity index is 2.19. The number of hydroxylamine groups is 2. The van der Waals surface area contributed by atoms with Crippen molar-refractivity contribution in [3.8, 4) is 0 Å². The van der Waals surface area contributed by atoms with E-state index in [0.717, 1.165) is 12.0 Å².